The summed E-state index contributed by atoms with van der Waals surface area (Å²) in [6, 6.07) is 11.6. The molecule has 1 nitrogen and oxygen atoms in total. The summed E-state index contributed by atoms with van der Waals surface area (Å²) in [7, 11) is 0. The average Bonchev–Trinajstić information content (AvgIpc) is 2.64. The van der Waals surface area contributed by atoms with Gasteiger partial charge in [0, 0.05) is 24.7 Å². The first kappa shape index (κ1) is 15.0. The van der Waals surface area contributed by atoms with Gasteiger partial charge in [-0.2, -0.15) is 0 Å². The lowest BCUT2D eigenvalue weighted by molar-refractivity contribution is 0.138. The highest BCUT2D eigenvalue weighted by Crippen LogP contribution is 2.48. The Hall–Kier alpha value is -0.950. The molecule has 4 bridgehead atoms. The average molecular weight is 304 g/mol. The van der Waals surface area contributed by atoms with Crippen LogP contribution in [-0.4, -0.2) is 17.5 Å². The predicted octanol–water partition coefficient (Wildman–Crippen LogP) is 4.68. The van der Waals surface area contributed by atoms with Crippen LogP contribution in [0.3, 0.4) is 0 Å². The van der Waals surface area contributed by atoms with Crippen molar-refractivity contribution in [3.8, 4) is 0 Å². The molecule has 0 radical (unpaired) electrons. The predicted molar refractivity (Wildman–Crippen MR) is 90.6 cm³/mol. The van der Waals surface area contributed by atoms with E-state index in [-0.39, 0.29) is 12.4 Å². The Bertz CT molecular complexity index is 484. The normalized spacial score (nSPS) is 33.4. The van der Waals surface area contributed by atoms with Gasteiger partial charge >= 0.3 is 0 Å². The van der Waals surface area contributed by atoms with Gasteiger partial charge in [-0.25, -0.2) is 0 Å². The highest BCUT2D eigenvalue weighted by atomic mass is 35.5. The SMILES string of the molecule is C=C(Cc1ccccc1)N1CC2CC3CC(C2)CC1C3.Cl. The second kappa shape index (κ2) is 6.04. The zero-order valence-corrected chi connectivity index (χ0v) is 13.5. The number of allylic oxidation sites excluding steroid dienone is 1. The first-order valence-electron chi connectivity index (χ1n) is 8.26. The van der Waals surface area contributed by atoms with Crippen LogP contribution in [-0.2, 0) is 6.42 Å². The Morgan fingerprint density at radius 1 is 0.952 bits per heavy atom. The topological polar surface area (TPSA) is 3.24 Å². The van der Waals surface area contributed by atoms with Gasteiger partial charge in [-0.05, 0) is 55.4 Å². The molecule has 2 aliphatic carbocycles. The summed E-state index contributed by atoms with van der Waals surface area (Å²) in [6.45, 7) is 5.72. The summed E-state index contributed by atoms with van der Waals surface area (Å²) >= 11 is 0. The molecule has 0 N–H and O–H groups in total. The fraction of sp³-hybridized carbons (Fsp3) is 0.579. The first-order valence-corrected chi connectivity index (χ1v) is 8.26. The molecule has 1 aromatic rings. The van der Waals surface area contributed by atoms with E-state index in [9.17, 15) is 0 Å². The van der Waals surface area contributed by atoms with Gasteiger partial charge in [0.1, 0.15) is 0 Å². The molecule has 114 valence electrons. The van der Waals surface area contributed by atoms with Crippen LogP contribution in [0.5, 0.6) is 0 Å². The lowest BCUT2D eigenvalue weighted by Gasteiger charge is -2.40. The van der Waals surface area contributed by atoms with Gasteiger partial charge in [-0.1, -0.05) is 36.9 Å². The summed E-state index contributed by atoms with van der Waals surface area (Å²) in [4.78, 5) is 2.69. The third kappa shape index (κ3) is 2.99. The van der Waals surface area contributed by atoms with E-state index in [0.717, 1.165) is 30.2 Å². The van der Waals surface area contributed by atoms with Crippen molar-refractivity contribution in [1.82, 2.24) is 4.90 Å². The van der Waals surface area contributed by atoms with Crippen molar-refractivity contribution in [2.24, 2.45) is 17.8 Å². The molecule has 2 unspecified atom stereocenters. The van der Waals surface area contributed by atoms with Crippen LogP contribution in [0.25, 0.3) is 0 Å². The fourth-order valence-electron chi connectivity index (χ4n) is 5.10. The van der Waals surface area contributed by atoms with Crippen LogP contribution in [0.1, 0.15) is 37.7 Å². The molecule has 5 rings (SSSR count). The molecule has 0 aromatic heterocycles. The Morgan fingerprint density at radius 3 is 2.24 bits per heavy atom. The zero-order valence-electron chi connectivity index (χ0n) is 12.7. The minimum Gasteiger partial charge on any atom is -0.372 e. The van der Waals surface area contributed by atoms with E-state index in [1.54, 1.807) is 0 Å². The van der Waals surface area contributed by atoms with Crippen molar-refractivity contribution in [1.29, 1.82) is 0 Å². The summed E-state index contributed by atoms with van der Waals surface area (Å²) in [5.74, 6) is 2.98. The van der Waals surface area contributed by atoms with E-state index >= 15 is 0 Å². The van der Waals surface area contributed by atoms with Crippen LogP contribution in [0.2, 0.25) is 0 Å². The molecular weight excluding hydrogens is 278 g/mol. The monoisotopic (exact) mass is 303 g/mol. The number of nitrogens with zero attached hydrogens (tertiary/aromatic N) is 1. The number of fused-ring (bicyclic) bond motifs is 1. The zero-order chi connectivity index (χ0) is 13.5. The van der Waals surface area contributed by atoms with Crippen LogP contribution in [0.15, 0.2) is 42.6 Å². The Balaban J connectivity index is 0.00000132. The van der Waals surface area contributed by atoms with Crippen molar-refractivity contribution < 1.29 is 0 Å². The minimum atomic E-state index is 0. The Labute approximate surface area is 134 Å². The second-order valence-corrected chi connectivity index (χ2v) is 7.31. The molecular formula is C19H26ClN. The van der Waals surface area contributed by atoms with E-state index in [4.69, 9.17) is 0 Å². The van der Waals surface area contributed by atoms with Gasteiger partial charge in [0.25, 0.3) is 0 Å². The van der Waals surface area contributed by atoms with E-state index < -0.39 is 0 Å². The van der Waals surface area contributed by atoms with E-state index in [2.05, 4.69) is 41.8 Å². The molecule has 2 heteroatoms. The minimum absolute atomic E-state index is 0. The summed E-state index contributed by atoms with van der Waals surface area (Å²) < 4.78 is 0. The second-order valence-electron chi connectivity index (χ2n) is 7.31. The smallest absolute Gasteiger partial charge is 0.0292 e. The highest BCUT2D eigenvalue weighted by molar-refractivity contribution is 5.85. The lowest BCUT2D eigenvalue weighted by Crippen LogP contribution is -2.37. The summed E-state index contributed by atoms with van der Waals surface area (Å²) in [6.07, 6.45) is 8.39. The van der Waals surface area contributed by atoms with Gasteiger partial charge in [0.2, 0.25) is 0 Å². The van der Waals surface area contributed by atoms with Gasteiger partial charge in [0.15, 0.2) is 0 Å². The molecule has 1 aromatic carbocycles. The van der Waals surface area contributed by atoms with Crippen LogP contribution >= 0.6 is 12.4 Å². The molecule has 0 spiro atoms. The molecule has 4 fully saturated rings. The van der Waals surface area contributed by atoms with E-state index in [0.29, 0.717) is 0 Å². The Kier molecular flexibility index (Phi) is 4.31. The lowest BCUT2D eigenvalue weighted by atomic mass is 9.68. The summed E-state index contributed by atoms with van der Waals surface area (Å²) in [5.41, 5.74) is 2.76. The van der Waals surface area contributed by atoms with Crippen molar-refractivity contribution in [3.05, 3.63) is 48.2 Å². The maximum Gasteiger partial charge on any atom is 0.0292 e. The molecule has 2 atom stereocenters. The number of halogens is 1. The molecule has 2 saturated carbocycles. The van der Waals surface area contributed by atoms with Gasteiger partial charge < -0.3 is 4.90 Å². The quantitative estimate of drug-likeness (QED) is 0.784. The van der Waals surface area contributed by atoms with Gasteiger partial charge in [-0.15, -0.1) is 12.4 Å². The third-order valence-electron chi connectivity index (χ3n) is 5.76. The third-order valence-corrected chi connectivity index (χ3v) is 5.76. The van der Waals surface area contributed by atoms with Crippen LogP contribution in [0.4, 0.5) is 0 Å². The largest absolute Gasteiger partial charge is 0.372 e. The molecule has 0 amide bonds. The van der Waals surface area contributed by atoms with Gasteiger partial charge in [0.05, 0.1) is 0 Å². The molecule has 2 heterocycles. The number of hydrogen-bond donors (Lipinski definition) is 0. The standard InChI is InChI=1S/C19H25N.ClH/c1-14(7-15-5-3-2-4-6-15)20-13-18-9-16-8-17(10-18)12-19(20)11-16;/h2-6,16-19H,1,7-13H2;1H. The first-order chi connectivity index (χ1) is 9.78. The number of rotatable bonds is 3. The number of benzene rings is 1. The maximum absolute atomic E-state index is 4.44. The highest BCUT2D eigenvalue weighted by Gasteiger charge is 2.42. The maximum atomic E-state index is 4.44. The van der Waals surface area contributed by atoms with Gasteiger partial charge in [-0.3, -0.25) is 0 Å². The summed E-state index contributed by atoms with van der Waals surface area (Å²) in [5, 5.41) is 0. The molecule has 2 saturated heterocycles. The molecule has 4 aliphatic rings. The van der Waals surface area contributed by atoms with Crippen molar-refractivity contribution in [2.75, 3.05) is 6.54 Å². The van der Waals surface area contributed by atoms with Crippen molar-refractivity contribution in [3.63, 3.8) is 0 Å². The fourth-order valence-corrected chi connectivity index (χ4v) is 5.10. The molecule has 21 heavy (non-hydrogen) atoms. The Morgan fingerprint density at radius 2 is 1.57 bits per heavy atom. The van der Waals surface area contributed by atoms with E-state index in [1.807, 2.05) is 0 Å². The van der Waals surface area contributed by atoms with E-state index in [1.165, 1.54) is 49.9 Å². The van der Waals surface area contributed by atoms with Crippen LogP contribution in [0, 0.1) is 17.8 Å². The van der Waals surface area contributed by atoms with Crippen molar-refractivity contribution in [2.45, 2.75) is 44.6 Å². The molecule has 2 aliphatic heterocycles. The van der Waals surface area contributed by atoms with Crippen molar-refractivity contribution >= 4 is 12.4 Å². The van der Waals surface area contributed by atoms with Crippen LogP contribution < -0.4 is 0 Å². The number of hydrogen-bond acceptors (Lipinski definition) is 1.